The number of rotatable bonds is 25. The molecule has 534 valence electrons. The number of hydrogen-bond donors (Lipinski definition) is 19. The summed E-state index contributed by atoms with van der Waals surface area (Å²) in [5.74, 6) is -5.80. The van der Waals surface area contributed by atoms with Gasteiger partial charge in [0.2, 0.25) is 23.6 Å². The second kappa shape index (κ2) is 37.8. The van der Waals surface area contributed by atoms with Crippen LogP contribution in [0.15, 0.2) is 12.2 Å². The maximum atomic E-state index is 13.1. The van der Waals surface area contributed by atoms with Crippen molar-refractivity contribution >= 4 is 41.4 Å². The van der Waals surface area contributed by atoms with Gasteiger partial charge in [-0.25, -0.2) is 0 Å². The van der Waals surface area contributed by atoms with E-state index in [4.69, 9.17) is 62.6 Å². The third-order valence-electron chi connectivity index (χ3n) is 15.9. The van der Waals surface area contributed by atoms with E-state index in [9.17, 15) is 99.9 Å². The number of nitrogens with two attached hydrogens (primary N) is 1. The zero-order valence-corrected chi connectivity index (χ0v) is 55.1. The number of hydrogen-bond acceptors (Lipinski definition) is 33. The van der Waals surface area contributed by atoms with E-state index in [1.54, 1.807) is 0 Å². The molecule has 40 heteroatoms. The van der Waals surface area contributed by atoms with Gasteiger partial charge in [0.25, 0.3) is 11.8 Å². The number of ether oxygens (including phenoxy) is 12. The molecular formula is C54H90N7NaO32. The van der Waals surface area contributed by atoms with Crippen molar-refractivity contribution in [3.05, 3.63) is 12.2 Å². The predicted octanol–water partition coefficient (Wildman–Crippen LogP) is -16.6. The van der Waals surface area contributed by atoms with E-state index in [0.29, 0.717) is 0 Å². The van der Waals surface area contributed by atoms with E-state index in [1.807, 2.05) is 0 Å². The Morgan fingerprint density at radius 1 is 0.447 bits per heavy atom. The molecule has 0 aliphatic carbocycles. The second-order valence-electron chi connectivity index (χ2n) is 22.7. The maximum absolute atomic E-state index is 13.1. The Kier molecular flexibility index (Phi) is 33.2. The van der Waals surface area contributed by atoms with E-state index in [2.05, 4.69) is 38.5 Å². The van der Waals surface area contributed by atoms with Gasteiger partial charge in [-0.05, 0) is 20.8 Å². The number of amides is 6. The number of carbonyl (C=O) groups is 7. The van der Waals surface area contributed by atoms with Crippen molar-refractivity contribution in [2.45, 2.75) is 225 Å². The molecule has 0 saturated carbocycles. The van der Waals surface area contributed by atoms with Crippen molar-refractivity contribution in [2.75, 3.05) is 60.2 Å². The van der Waals surface area contributed by atoms with Crippen LogP contribution in [0.2, 0.25) is 0 Å². The molecule has 0 bridgehead atoms. The average Bonchev–Trinajstić information content (AvgIpc) is 0.790. The van der Waals surface area contributed by atoms with Gasteiger partial charge in [-0.3, -0.25) is 28.8 Å². The van der Waals surface area contributed by atoms with Crippen molar-refractivity contribution in [3.63, 3.8) is 0 Å². The van der Waals surface area contributed by atoms with E-state index >= 15 is 0 Å². The van der Waals surface area contributed by atoms with E-state index in [0.717, 1.165) is 21.0 Å². The SMILES string of the molecule is C=C(C)C(=O)NCCNC(=O)C1OC(OC2C(O)C(CO)OC(OC3C(C(=O)NCCN)OC(C)C(O)C3O)C2NC(C)=O)C(O)C(O)C1OC.COC1C(O)C(CO)OC(OC2C(C(=O)[O-])OC(OC3C(O)C(CO)OC(C)C3NC(C)=O)C(O)C2O)C1NC(C)=O.[Na+]. The minimum atomic E-state index is -2.14. The standard InChI is InChI=1S/C30H51N5O16.C24H40N2O16.Na/c1-11(2)26(43)33-8-9-34-27(44)24-22(46-5)19(41)20(42)30(51-24)49-21-15(35-13(4)37)29(48-14(10-36)17(21)39)50-23-18(40)16(38)12(3)47-25(23)28(45)32-7-6-31;1-7-12(25-8(2)29)19(15(32)10(5-27)38-7)40-24-17(34)16(33)20(21(42-24)22(35)36)41-23-13(26-9(3)30)18(37-4)14(31)11(6-28)39-23;/h12,14-25,29-30,36,38-42H,1,6-10,31H2,2-5H3,(H,32,45)(H,33,43)(H,34,44)(H,35,37);7,10-21,23-24,27-28,31-34H,5-6H2,1-4H3,(H,25,29)(H,26,30)(H,35,36);/q;;+1/p-1. The molecule has 0 aromatic heterocycles. The van der Waals surface area contributed by atoms with Crippen molar-refractivity contribution in [1.29, 1.82) is 0 Å². The van der Waals surface area contributed by atoms with E-state index in [-0.39, 0.29) is 61.3 Å². The smallest absolute Gasteiger partial charge is 0.547 e. The van der Waals surface area contributed by atoms with Gasteiger partial charge in [-0.1, -0.05) is 6.58 Å². The van der Waals surface area contributed by atoms with Crippen LogP contribution in [0, 0.1) is 0 Å². The Bertz CT molecular complexity index is 2490. The monoisotopic (exact) mass is 1370 g/mol. The largest absolute Gasteiger partial charge is 1.00 e. The Labute approximate surface area is 560 Å². The molecule has 0 aromatic rings. The summed E-state index contributed by atoms with van der Waals surface area (Å²) in [6.45, 7) is 9.20. The molecular weight excluding hydrogens is 1280 g/mol. The average molecular weight is 1370 g/mol. The molecule has 39 nitrogen and oxygen atoms in total. The molecule has 94 heavy (non-hydrogen) atoms. The summed E-state index contributed by atoms with van der Waals surface area (Å²) < 4.78 is 67.4. The van der Waals surface area contributed by atoms with Crippen LogP contribution in [-0.2, 0) is 90.4 Å². The van der Waals surface area contributed by atoms with Gasteiger partial charge >= 0.3 is 29.6 Å². The minimum absolute atomic E-state index is 0. The summed E-state index contributed by atoms with van der Waals surface area (Å²) in [6, 6.07) is -3.88. The Hall–Kier alpha value is -3.97. The van der Waals surface area contributed by atoms with Crippen molar-refractivity contribution < 1.29 is 186 Å². The van der Waals surface area contributed by atoms with Gasteiger partial charge in [0.1, 0.15) is 128 Å². The number of nitrogens with one attached hydrogen (secondary N) is 6. The molecule has 6 fully saturated rings. The molecule has 6 heterocycles. The van der Waals surface area contributed by atoms with E-state index in [1.165, 1.54) is 34.8 Å². The molecule has 6 aliphatic rings. The fourth-order valence-corrected chi connectivity index (χ4v) is 11.1. The van der Waals surface area contributed by atoms with Gasteiger partial charge < -0.3 is 166 Å². The van der Waals surface area contributed by atoms with Crippen molar-refractivity contribution in [3.8, 4) is 0 Å². The zero-order valence-electron chi connectivity index (χ0n) is 53.1. The summed E-state index contributed by atoms with van der Waals surface area (Å²) in [6.07, 6.45) is -43.6. The van der Waals surface area contributed by atoms with Crippen LogP contribution in [0.3, 0.4) is 0 Å². The molecule has 30 unspecified atom stereocenters. The number of aliphatic carboxylic acids is 1. The maximum Gasteiger partial charge on any atom is 1.00 e. The van der Waals surface area contributed by atoms with Crippen LogP contribution < -0.4 is 72.3 Å². The fourth-order valence-electron chi connectivity index (χ4n) is 11.1. The summed E-state index contributed by atoms with van der Waals surface area (Å²) in [5.41, 5.74) is 5.74. The summed E-state index contributed by atoms with van der Waals surface area (Å²) in [7, 11) is 2.36. The Balaban J connectivity index is 0.000000403. The van der Waals surface area contributed by atoms with Gasteiger partial charge in [0.05, 0.1) is 44.0 Å². The van der Waals surface area contributed by atoms with Crippen LogP contribution >= 0.6 is 0 Å². The van der Waals surface area contributed by atoms with Gasteiger partial charge in [-0.15, -0.1) is 0 Å². The third-order valence-corrected chi connectivity index (χ3v) is 15.9. The molecule has 0 radical (unpaired) electrons. The number of carboxylic acids is 1. The predicted molar refractivity (Wildman–Crippen MR) is 300 cm³/mol. The minimum Gasteiger partial charge on any atom is -0.547 e. The molecule has 0 spiro atoms. The van der Waals surface area contributed by atoms with Crippen LogP contribution in [0.5, 0.6) is 0 Å². The summed E-state index contributed by atoms with van der Waals surface area (Å²) >= 11 is 0. The van der Waals surface area contributed by atoms with Gasteiger partial charge in [0.15, 0.2) is 37.4 Å². The third kappa shape index (κ3) is 20.3. The first-order chi connectivity index (χ1) is 43.8. The van der Waals surface area contributed by atoms with Crippen molar-refractivity contribution in [1.82, 2.24) is 31.9 Å². The number of aliphatic hydroxyl groups is 12. The molecule has 0 aromatic carbocycles. The first kappa shape index (κ1) is 82.5. The summed E-state index contributed by atoms with van der Waals surface area (Å²) in [5, 5.41) is 154. The molecule has 6 amide bonds. The van der Waals surface area contributed by atoms with Crippen molar-refractivity contribution in [2.24, 2.45) is 5.73 Å². The van der Waals surface area contributed by atoms with E-state index < -0.39 is 245 Å². The topological polar surface area (TPSA) is 594 Å². The molecule has 20 N–H and O–H groups in total. The Morgan fingerprint density at radius 2 is 0.819 bits per heavy atom. The first-order valence-corrected chi connectivity index (χ1v) is 29.6. The van der Waals surface area contributed by atoms with Crippen LogP contribution in [0.4, 0.5) is 0 Å². The number of aliphatic hydroxyl groups excluding tert-OH is 12. The number of methoxy groups -OCH3 is 2. The van der Waals surface area contributed by atoms with Gasteiger partial charge in [0, 0.05) is 66.7 Å². The fraction of sp³-hybridized carbons (Fsp3) is 0.833. The van der Waals surface area contributed by atoms with Crippen LogP contribution in [0.25, 0.3) is 0 Å². The normalized spacial score (nSPS) is 40.6. The summed E-state index contributed by atoms with van der Waals surface area (Å²) in [4.78, 5) is 86.1. The molecule has 30 atom stereocenters. The molecule has 6 saturated heterocycles. The van der Waals surface area contributed by atoms with Gasteiger partial charge in [-0.2, -0.15) is 0 Å². The van der Waals surface area contributed by atoms with Crippen LogP contribution in [-0.4, -0.2) is 347 Å². The second-order valence-corrected chi connectivity index (χ2v) is 22.7. The quantitative estimate of drug-likeness (QED) is 0.0229. The molecule has 6 rings (SSSR count). The number of carbonyl (C=O) groups excluding carboxylic acids is 7. The number of carboxylic acid groups (broad SMARTS) is 1. The first-order valence-electron chi connectivity index (χ1n) is 29.6. The Morgan fingerprint density at radius 3 is 1.27 bits per heavy atom. The zero-order chi connectivity index (χ0) is 69.6. The molecule has 6 aliphatic heterocycles. The van der Waals surface area contributed by atoms with Crippen LogP contribution in [0.1, 0.15) is 41.5 Å².